The molecule has 0 aliphatic carbocycles. The van der Waals surface area contributed by atoms with Gasteiger partial charge in [0, 0.05) is 0 Å². The molecule has 0 radical (unpaired) electrons. The van der Waals surface area contributed by atoms with E-state index in [1.807, 2.05) is 0 Å². The minimum absolute atomic E-state index is 0.337. The summed E-state index contributed by atoms with van der Waals surface area (Å²) in [6, 6.07) is 3.07. The third-order valence-electron chi connectivity index (χ3n) is 1.12. The van der Waals surface area contributed by atoms with Crippen molar-refractivity contribution in [2.24, 2.45) is 5.18 Å². The van der Waals surface area contributed by atoms with Gasteiger partial charge in [-0.3, -0.25) is 0 Å². The first-order valence-electron chi connectivity index (χ1n) is 2.70. The quantitative estimate of drug-likeness (QED) is 0.463. The Morgan fingerprint density at radius 3 is 2.80 bits per heavy atom. The Labute approximate surface area is 63.0 Å². The van der Waals surface area contributed by atoms with Crippen LogP contribution in [0.4, 0.5) is 5.69 Å². The highest BCUT2D eigenvalue weighted by Gasteiger charge is 1.98. The number of halogens is 1. The van der Waals surface area contributed by atoms with Gasteiger partial charge in [0.15, 0.2) is 0 Å². The molecule has 1 heterocycles. The van der Waals surface area contributed by atoms with E-state index in [0.29, 0.717) is 16.5 Å². The predicted octanol–water partition coefficient (Wildman–Crippen LogP) is 2.44. The van der Waals surface area contributed by atoms with Crippen LogP contribution in [0, 0.1) is 11.8 Å². The molecule has 0 N–H and O–H groups in total. The number of hydrogen-bond donors (Lipinski definition) is 0. The summed E-state index contributed by atoms with van der Waals surface area (Å²) in [6.45, 7) is 1.68. The van der Waals surface area contributed by atoms with Crippen molar-refractivity contribution in [3.05, 3.63) is 27.9 Å². The first-order chi connectivity index (χ1) is 4.74. The summed E-state index contributed by atoms with van der Waals surface area (Å²) in [5.41, 5.74) is 0.895. The van der Waals surface area contributed by atoms with Gasteiger partial charge in [0.05, 0.1) is 5.69 Å². The normalized spacial score (nSPS) is 9.40. The van der Waals surface area contributed by atoms with Crippen LogP contribution < -0.4 is 0 Å². The van der Waals surface area contributed by atoms with Gasteiger partial charge in [0.2, 0.25) is 0 Å². The lowest BCUT2D eigenvalue weighted by Crippen LogP contribution is -1.80. The van der Waals surface area contributed by atoms with E-state index in [0.717, 1.165) is 0 Å². The summed E-state index contributed by atoms with van der Waals surface area (Å²) in [6.07, 6.45) is 0. The van der Waals surface area contributed by atoms with E-state index in [1.54, 1.807) is 6.92 Å². The zero-order chi connectivity index (χ0) is 7.56. The van der Waals surface area contributed by atoms with E-state index in [9.17, 15) is 4.91 Å². The molecule has 0 atom stereocenters. The van der Waals surface area contributed by atoms with Gasteiger partial charge in [-0.2, -0.15) is 0 Å². The lowest BCUT2D eigenvalue weighted by molar-refractivity contribution is 1.18. The lowest BCUT2D eigenvalue weighted by Gasteiger charge is -1.93. The molecule has 3 nitrogen and oxygen atoms in total. The van der Waals surface area contributed by atoms with Crippen LogP contribution in [0.2, 0.25) is 5.15 Å². The van der Waals surface area contributed by atoms with Crippen molar-refractivity contribution in [3.8, 4) is 0 Å². The predicted molar refractivity (Wildman–Crippen MR) is 39.4 cm³/mol. The van der Waals surface area contributed by atoms with Gasteiger partial charge in [-0.25, -0.2) is 4.98 Å². The van der Waals surface area contributed by atoms with Crippen LogP contribution in [0.1, 0.15) is 5.69 Å². The van der Waals surface area contributed by atoms with Crippen molar-refractivity contribution in [1.29, 1.82) is 0 Å². The van der Waals surface area contributed by atoms with E-state index in [-0.39, 0.29) is 0 Å². The molecule has 10 heavy (non-hydrogen) atoms. The van der Waals surface area contributed by atoms with Gasteiger partial charge < -0.3 is 0 Å². The molecule has 0 spiro atoms. The average molecular weight is 157 g/mol. The van der Waals surface area contributed by atoms with Crippen molar-refractivity contribution < 1.29 is 0 Å². The molecule has 0 unspecified atom stereocenters. The maximum absolute atomic E-state index is 10.0. The third kappa shape index (κ3) is 1.30. The van der Waals surface area contributed by atoms with Crippen LogP contribution in [-0.4, -0.2) is 4.98 Å². The first-order valence-corrected chi connectivity index (χ1v) is 3.08. The van der Waals surface area contributed by atoms with Crippen molar-refractivity contribution in [2.75, 3.05) is 0 Å². The molecule has 0 bridgehead atoms. The largest absolute Gasteiger partial charge is 0.239 e. The van der Waals surface area contributed by atoms with Crippen molar-refractivity contribution in [1.82, 2.24) is 4.98 Å². The van der Waals surface area contributed by atoms with Crippen LogP contribution in [-0.2, 0) is 0 Å². The Kier molecular flexibility index (Phi) is 1.97. The molecule has 0 saturated carbocycles. The van der Waals surface area contributed by atoms with Gasteiger partial charge in [0.1, 0.15) is 10.8 Å². The molecule has 0 aromatic carbocycles. The van der Waals surface area contributed by atoms with E-state index >= 15 is 0 Å². The third-order valence-corrected chi connectivity index (χ3v) is 1.33. The minimum atomic E-state index is 0.337. The van der Waals surface area contributed by atoms with Crippen molar-refractivity contribution >= 4 is 17.3 Å². The van der Waals surface area contributed by atoms with E-state index in [4.69, 9.17) is 11.6 Å². The summed E-state index contributed by atoms with van der Waals surface area (Å²) in [5.74, 6) is 0. The fourth-order valence-corrected chi connectivity index (χ4v) is 0.809. The minimum Gasteiger partial charge on any atom is -0.239 e. The van der Waals surface area contributed by atoms with Crippen LogP contribution in [0.5, 0.6) is 0 Å². The van der Waals surface area contributed by atoms with Gasteiger partial charge in [-0.05, 0) is 24.2 Å². The zero-order valence-corrected chi connectivity index (χ0v) is 6.09. The topological polar surface area (TPSA) is 42.3 Å². The average Bonchev–Trinajstić information content (AvgIpc) is 1.88. The van der Waals surface area contributed by atoms with Crippen LogP contribution in [0.15, 0.2) is 17.3 Å². The number of aryl methyl sites for hydroxylation is 1. The molecular formula is C6H5ClN2O. The second-order valence-corrected chi connectivity index (χ2v) is 2.22. The Hall–Kier alpha value is -0.960. The monoisotopic (exact) mass is 156 g/mol. The Morgan fingerprint density at radius 1 is 1.60 bits per heavy atom. The zero-order valence-electron chi connectivity index (χ0n) is 5.34. The second kappa shape index (κ2) is 2.75. The number of nitrogens with zero attached hydrogens (tertiary/aromatic N) is 2. The SMILES string of the molecule is Cc1nc(Cl)ccc1N=O. The number of hydrogen-bond acceptors (Lipinski definition) is 3. The molecule has 4 heteroatoms. The van der Waals surface area contributed by atoms with E-state index in [1.165, 1.54) is 12.1 Å². The number of nitroso groups, excluding NO2 is 1. The number of aromatic nitrogens is 1. The van der Waals surface area contributed by atoms with Crippen LogP contribution in [0.25, 0.3) is 0 Å². The highest BCUT2D eigenvalue weighted by Crippen LogP contribution is 2.17. The maximum atomic E-state index is 10.0. The highest BCUT2D eigenvalue weighted by atomic mass is 35.5. The standard InChI is InChI=1S/C6H5ClN2O/c1-4-5(9-10)2-3-6(7)8-4/h2-3H,1H3. The molecule has 1 rings (SSSR count). The Morgan fingerprint density at radius 2 is 2.30 bits per heavy atom. The lowest BCUT2D eigenvalue weighted by atomic mass is 10.3. The summed E-state index contributed by atoms with van der Waals surface area (Å²) >= 11 is 5.52. The summed E-state index contributed by atoms with van der Waals surface area (Å²) < 4.78 is 0. The molecular weight excluding hydrogens is 152 g/mol. The van der Waals surface area contributed by atoms with Crippen LogP contribution in [0.3, 0.4) is 0 Å². The molecule has 0 aliphatic heterocycles. The summed E-state index contributed by atoms with van der Waals surface area (Å²) in [5, 5.41) is 3.12. The van der Waals surface area contributed by atoms with Gasteiger partial charge >= 0.3 is 0 Å². The Bertz CT molecular complexity index is 262. The van der Waals surface area contributed by atoms with Crippen molar-refractivity contribution in [2.45, 2.75) is 6.92 Å². The molecule has 0 amide bonds. The second-order valence-electron chi connectivity index (χ2n) is 1.83. The maximum Gasteiger partial charge on any atom is 0.129 e. The van der Waals surface area contributed by atoms with Crippen molar-refractivity contribution in [3.63, 3.8) is 0 Å². The van der Waals surface area contributed by atoms with E-state index in [2.05, 4.69) is 10.2 Å². The van der Waals surface area contributed by atoms with Gasteiger partial charge in [-0.1, -0.05) is 11.6 Å². The molecule has 52 valence electrons. The molecule has 0 fully saturated rings. The fourth-order valence-electron chi connectivity index (χ4n) is 0.620. The van der Waals surface area contributed by atoms with E-state index < -0.39 is 0 Å². The smallest absolute Gasteiger partial charge is 0.129 e. The molecule has 0 aliphatic rings. The summed E-state index contributed by atoms with van der Waals surface area (Å²) in [4.78, 5) is 13.8. The highest BCUT2D eigenvalue weighted by molar-refractivity contribution is 6.29. The molecule has 1 aromatic heterocycles. The van der Waals surface area contributed by atoms with Gasteiger partial charge in [0.25, 0.3) is 0 Å². The van der Waals surface area contributed by atoms with Gasteiger partial charge in [-0.15, -0.1) is 4.91 Å². The fraction of sp³-hybridized carbons (Fsp3) is 0.167. The summed E-state index contributed by atoms with van der Waals surface area (Å²) in [7, 11) is 0. The molecule has 1 aromatic rings. The van der Waals surface area contributed by atoms with Crippen LogP contribution >= 0.6 is 11.6 Å². The number of pyridine rings is 1. The number of rotatable bonds is 1. The first kappa shape index (κ1) is 7.15. The molecule has 0 saturated heterocycles. The Balaban J connectivity index is 3.19.